The van der Waals surface area contributed by atoms with Gasteiger partial charge in [0.15, 0.2) is 0 Å². The number of carbonyl (C=O) groups is 10. The molecule has 4 aromatic carbocycles. The molecular formula is C54H64N10O13. The van der Waals surface area contributed by atoms with Crippen molar-refractivity contribution in [2.75, 3.05) is 65.6 Å². The molecule has 0 saturated carbocycles. The third kappa shape index (κ3) is 17.4. The summed E-state index contributed by atoms with van der Waals surface area (Å²) in [4.78, 5) is 125. The van der Waals surface area contributed by atoms with Crippen molar-refractivity contribution in [1.29, 1.82) is 0 Å². The van der Waals surface area contributed by atoms with Gasteiger partial charge in [-0.3, -0.25) is 38.4 Å². The van der Waals surface area contributed by atoms with Crippen molar-refractivity contribution >= 4 is 59.5 Å². The molecule has 77 heavy (non-hydrogen) atoms. The standard InChI is InChI=1S/C54H64N10O13/c55-25-45(65)58-28-48(68)63-43(21-9-11-23-56-53(74)76-31-41-37-17-5-1-13-33(37)34-14-2-6-18-38(34)41)51(72)61-27-47(67)59-26-46(66)60-29-49(69)64-44(52(73)62-30-50(70)71)22-10-12-24-57-54(75)77-32-42-39-19-7-3-15-35(39)36-16-4-8-20-40(36)42/h1-8,13-20,41-44H,9-12,21-32,55H2,(H,56,74)(H,57,75)(H,58,65)(H,59,67)(H,60,66)(H,61,72)(H,62,73)(H,63,68)(H,64,69)(H,70,71)/t43-,44-/m0/s1. The molecule has 23 nitrogen and oxygen atoms in total. The van der Waals surface area contributed by atoms with E-state index in [0.717, 1.165) is 44.5 Å². The van der Waals surface area contributed by atoms with Gasteiger partial charge in [-0.2, -0.15) is 0 Å². The van der Waals surface area contributed by atoms with E-state index >= 15 is 0 Å². The molecule has 0 bridgehead atoms. The molecule has 23 heteroatoms. The zero-order valence-corrected chi connectivity index (χ0v) is 42.3. The molecule has 0 fully saturated rings. The molecule has 408 valence electrons. The van der Waals surface area contributed by atoms with Crippen molar-refractivity contribution in [3.8, 4) is 22.3 Å². The number of nitrogens with two attached hydrogens (primary N) is 1. The summed E-state index contributed by atoms with van der Waals surface area (Å²) in [5, 5.41) is 30.9. The molecule has 0 aliphatic heterocycles. The lowest BCUT2D eigenvalue weighted by Crippen LogP contribution is -2.52. The number of amides is 9. The largest absolute Gasteiger partial charge is 0.480 e. The molecule has 6 rings (SSSR count). The normalized spacial score (nSPS) is 12.6. The van der Waals surface area contributed by atoms with Crippen LogP contribution < -0.4 is 53.6 Å². The third-order valence-corrected chi connectivity index (χ3v) is 12.7. The lowest BCUT2D eigenvalue weighted by molar-refractivity contribution is -0.138. The van der Waals surface area contributed by atoms with Gasteiger partial charge >= 0.3 is 18.2 Å². The van der Waals surface area contributed by atoms with E-state index in [9.17, 15) is 47.9 Å². The van der Waals surface area contributed by atoms with E-state index in [1.54, 1.807) is 0 Å². The molecule has 0 unspecified atom stereocenters. The van der Waals surface area contributed by atoms with Gasteiger partial charge in [0.1, 0.15) is 31.8 Å². The summed E-state index contributed by atoms with van der Waals surface area (Å²) in [7, 11) is 0. The average Bonchev–Trinajstić information content (AvgIpc) is 3.98. The summed E-state index contributed by atoms with van der Waals surface area (Å²) < 4.78 is 11.1. The van der Waals surface area contributed by atoms with E-state index in [-0.39, 0.29) is 57.5 Å². The van der Waals surface area contributed by atoms with Crippen LogP contribution in [0.25, 0.3) is 22.3 Å². The average molecular weight is 1060 g/mol. The summed E-state index contributed by atoms with van der Waals surface area (Å²) in [6.45, 7) is -2.76. The molecular weight excluding hydrogens is 997 g/mol. The van der Waals surface area contributed by atoms with Gasteiger partial charge in [-0.1, -0.05) is 97.1 Å². The maximum absolute atomic E-state index is 13.2. The zero-order chi connectivity index (χ0) is 55.1. The molecule has 2 aliphatic rings. The van der Waals surface area contributed by atoms with Crippen molar-refractivity contribution in [3.63, 3.8) is 0 Å². The van der Waals surface area contributed by atoms with Crippen LogP contribution in [0.2, 0.25) is 0 Å². The van der Waals surface area contributed by atoms with Crippen molar-refractivity contribution in [2.24, 2.45) is 5.73 Å². The number of alkyl carbamates (subject to hydrolysis) is 2. The number of carboxylic acids is 1. The number of nitrogens with one attached hydrogen (secondary N) is 9. The number of hydrogen-bond donors (Lipinski definition) is 11. The molecule has 2 aliphatic carbocycles. The zero-order valence-electron chi connectivity index (χ0n) is 42.3. The van der Waals surface area contributed by atoms with Gasteiger partial charge in [0.05, 0.1) is 32.7 Å². The molecule has 4 aromatic rings. The number of carbonyl (C=O) groups excluding carboxylic acids is 9. The van der Waals surface area contributed by atoms with Crippen LogP contribution in [-0.4, -0.2) is 142 Å². The number of rotatable bonds is 29. The highest BCUT2D eigenvalue weighted by Crippen LogP contribution is 2.45. The number of unbranched alkanes of at least 4 members (excludes halogenated alkanes) is 2. The smallest absolute Gasteiger partial charge is 0.407 e. The Bertz CT molecular complexity index is 2700. The fourth-order valence-electron chi connectivity index (χ4n) is 8.97. The summed E-state index contributed by atoms with van der Waals surface area (Å²) in [6, 6.07) is 29.4. The Morgan fingerprint density at radius 3 is 1.14 bits per heavy atom. The molecule has 9 amide bonds. The van der Waals surface area contributed by atoms with Crippen molar-refractivity contribution in [3.05, 3.63) is 119 Å². The number of benzene rings is 4. The summed E-state index contributed by atoms with van der Waals surface area (Å²) in [5.74, 6) is -6.79. The molecule has 0 aromatic heterocycles. The van der Waals surface area contributed by atoms with Crippen molar-refractivity contribution in [1.82, 2.24) is 47.9 Å². The number of ether oxygens (including phenoxy) is 2. The minimum absolute atomic E-state index is 0.0511. The van der Waals surface area contributed by atoms with Crippen LogP contribution in [0.1, 0.15) is 72.6 Å². The van der Waals surface area contributed by atoms with E-state index in [1.807, 2.05) is 97.1 Å². The maximum Gasteiger partial charge on any atom is 0.407 e. The Morgan fingerprint density at radius 2 is 0.766 bits per heavy atom. The van der Waals surface area contributed by atoms with Gasteiger partial charge < -0.3 is 68.2 Å². The van der Waals surface area contributed by atoms with Crippen LogP contribution in [0.4, 0.5) is 9.59 Å². The highest BCUT2D eigenvalue weighted by molar-refractivity contribution is 5.94. The van der Waals surface area contributed by atoms with Crippen molar-refractivity contribution in [2.45, 2.75) is 62.4 Å². The molecule has 0 heterocycles. The minimum atomic E-state index is -1.31. The topological polar surface area (TPSA) is 344 Å². The minimum Gasteiger partial charge on any atom is -0.480 e. The Hall–Kier alpha value is -8.86. The van der Waals surface area contributed by atoms with E-state index in [4.69, 9.17) is 20.3 Å². The lowest BCUT2D eigenvalue weighted by Gasteiger charge is -2.19. The van der Waals surface area contributed by atoms with Crippen LogP contribution in [-0.2, 0) is 47.8 Å². The second-order valence-corrected chi connectivity index (χ2v) is 18.1. The second-order valence-electron chi connectivity index (χ2n) is 18.1. The van der Waals surface area contributed by atoms with E-state index < -0.39 is 104 Å². The van der Waals surface area contributed by atoms with Crippen LogP contribution >= 0.6 is 0 Å². The highest BCUT2D eigenvalue weighted by atomic mass is 16.6. The maximum atomic E-state index is 13.2. The Labute approximate surface area is 443 Å². The van der Waals surface area contributed by atoms with Gasteiger partial charge in [0, 0.05) is 24.9 Å². The SMILES string of the molecule is NCC(=O)NCC(=O)N[C@@H](CCCCNC(=O)OCC1c2ccccc2-c2ccccc21)C(=O)NCC(=O)NCC(=O)NCC(=O)N[C@@H](CCCCNC(=O)OCC1c2ccccc2-c2ccccc21)C(=O)NCC(=O)O. The highest BCUT2D eigenvalue weighted by Gasteiger charge is 2.31. The van der Waals surface area contributed by atoms with Gasteiger partial charge in [-0.05, 0) is 83.0 Å². The Morgan fingerprint density at radius 1 is 0.429 bits per heavy atom. The van der Waals surface area contributed by atoms with E-state index in [2.05, 4.69) is 47.9 Å². The molecule has 12 N–H and O–H groups in total. The monoisotopic (exact) mass is 1060 g/mol. The van der Waals surface area contributed by atoms with Gasteiger partial charge in [0.2, 0.25) is 41.4 Å². The van der Waals surface area contributed by atoms with E-state index in [0.29, 0.717) is 25.7 Å². The van der Waals surface area contributed by atoms with Crippen LogP contribution in [0.5, 0.6) is 0 Å². The number of carboxylic acid groups (broad SMARTS) is 1. The fraction of sp³-hybridized carbons (Fsp3) is 0.370. The quantitative estimate of drug-likeness (QED) is 0.0338. The first-order valence-corrected chi connectivity index (χ1v) is 25.3. The number of hydrogen-bond acceptors (Lipinski definition) is 13. The number of aliphatic carboxylic acids is 1. The fourth-order valence-corrected chi connectivity index (χ4v) is 8.97. The van der Waals surface area contributed by atoms with Gasteiger partial charge in [0.25, 0.3) is 0 Å². The van der Waals surface area contributed by atoms with Crippen LogP contribution in [0, 0.1) is 0 Å². The summed E-state index contributed by atoms with van der Waals surface area (Å²) in [5.41, 5.74) is 13.9. The molecule has 0 radical (unpaired) electrons. The van der Waals surface area contributed by atoms with Gasteiger partial charge in [-0.15, -0.1) is 0 Å². The first-order valence-electron chi connectivity index (χ1n) is 25.3. The first-order chi connectivity index (χ1) is 37.2. The molecule has 0 spiro atoms. The second kappa shape index (κ2) is 29.3. The lowest BCUT2D eigenvalue weighted by atomic mass is 9.98. The van der Waals surface area contributed by atoms with Crippen LogP contribution in [0.3, 0.4) is 0 Å². The summed E-state index contributed by atoms with van der Waals surface area (Å²) >= 11 is 0. The van der Waals surface area contributed by atoms with Crippen molar-refractivity contribution < 1.29 is 62.5 Å². The Kier molecular flexibility index (Phi) is 21.8. The number of fused-ring (bicyclic) bond motifs is 6. The third-order valence-electron chi connectivity index (χ3n) is 12.7. The first kappa shape index (κ1) is 57.4. The molecule has 2 atom stereocenters. The molecule has 0 saturated heterocycles. The van der Waals surface area contributed by atoms with Crippen LogP contribution in [0.15, 0.2) is 97.1 Å². The predicted molar refractivity (Wildman–Crippen MR) is 279 cm³/mol. The Balaban J connectivity index is 0.869. The van der Waals surface area contributed by atoms with Gasteiger partial charge in [-0.25, -0.2) is 9.59 Å². The van der Waals surface area contributed by atoms with E-state index in [1.165, 1.54) is 0 Å². The summed E-state index contributed by atoms with van der Waals surface area (Å²) in [6.07, 6.45) is 0.267. The predicted octanol–water partition coefficient (Wildman–Crippen LogP) is 0.998.